The lowest BCUT2D eigenvalue weighted by Gasteiger charge is -2.55. The fraction of sp³-hybridized carbons (Fsp3) is 0.875. The predicted molar refractivity (Wildman–Crippen MR) is 60.3 cm³/mol. The molecule has 2 N–H and O–H groups in total. The van der Waals surface area contributed by atoms with Crippen molar-refractivity contribution in [3.8, 4) is 0 Å². The Morgan fingerprint density at radius 3 is 2.36 bits per heavy atom. The van der Waals surface area contributed by atoms with Crippen LogP contribution in [0.25, 0.3) is 0 Å². The molecule has 2 fully saturated rings. The van der Waals surface area contributed by atoms with Gasteiger partial charge in [-0.1, -0.05) is 0 Å². The minimum absolute atomic E-state index is 0. The number of hydrogen-bond acceptors (Lipinski definition) is 3. The van der Waals surface area contributed by atoms with Gasteiger partial charge in [-0.2, -0.15) is 0 Å². The van der Waals surface area contributed by atoms with Crippen LogP contribution in [-0.2, 0) is 4.79 Å². The molecule has 2 rings (SSSR count). The number of hydrogen-bond donors (Lipinski definition) is 2. The van der Waals surface area contributed by atoms with Crippen LogP contribution in [-0.4, -0.2) is 50.6 Å². The average molecular weight is 242 g/mol. The highest BCUT2D eigenvalue weighted by molar-refractivity contribution is 5.85. The van der Waals surface area contributed by atoms with E-state index in [1.165, 1.54) is 0 Å². The molecule has 6 heteroatoms. The van der Waals surface area contributed by atoms with Gasteiger partial charge in [0.1, 0.15) is 0 Å². The summed E-state index contributed by atoms with van der Waals surface area (Å²) in [5, 5.41) is 5.90. The number of rotatable bonds is 2. The van der Waals surface area contributed by atoms with E-state index in [-0.39, 0.29) is 30.7 Å². The largest absolute Gasteiger partial charge is 0.358 e. The molecular weight excluding hydrogens is 225 g/mol. The summed E-state index contributed by atoms with van der Waals surface area (Å²) >= 11 is 0. The minimum atomic E-state index is 0. The van der Waals surface area contributed by atoms with E-state index in [1.807, 2.05) is 0 Å². The van der Waals surface area contributed by atoms with Gasteiger partial charge in [0.25, 0.3) is 0 Å². The molecule has 0 unspecified atom stereocenters. The Labute approximate surface area is 96.6 Å². The molecule has 0 aromatic rings. The van der Waals surface area contributed by atoms with Gasteiger partial charge < -0.3 is 10.6 Å². The maximum absolute atomic E-state index is 11.0. The molecule has 4 nitrogen and oxygen atoms in total. The van der Waals surface area contributed by atoms with Crippen molar-refractivity contribution < 1.29 is 4.79 Å². The van der Waals surface area contributed by atoms with Crippen molar-refractivity contribution in [3.63, 3.8) is 0 Å². The number of likely N-dealkylation sites (N-methyl/N-ethyl adjacent to an activating group) is 1. The molecule has 2 saturated heterocycles. The zero-order valence-electron chi connectivity index (χ0n) is 8.21. The van der Waals surface area contributed by atoms with E-state index in [1.54, 1.807) is 7.05 Å². The number of carbonyl (C=O) groups excluding carboxylic acids is 1. The molecule has 0 saturated carbocycles. The highest BCUT2D eigenvalue weighted by atomic mass is 35.5. The molecule has 0 radical (unpaired) electrons. The Balaban J connectivity index is 0.000000845. The van der Waals surface area contributed by atoms with Gasteiger partial charge in [0.05, 0.1) is 6.54 Å². The molecular formula is C8H17Cl2N3O. The van der Waals surface area contributed by atoms with E-state index >= 15 is 0 Å². The standard InChI is InChI=1S/C8H15N3O.2ClH/c1-9-7(12)2-11-5-8(6-11)3-10-4-8;;/h10H,2-6H2,1H3,(H,9,12);2*1H. The number of nitrogens with one attached hydrogen (secondary N) is 2. The Morgan fingerprint density at radius 2 is 2.00 bits per heavy atom. The van der Waals surface area contributed by atoms with Gasteiger partial charge >= 0.3 is 0 Å². The van der Waals surface area contributed by atoms with Crippen LogP contribution in [0.1, 0.15) is 0 Å². The second kappa shape index (κ2) is 5.16. The quantitative estimate of drug-likeness (QED) is 0.685. The number of amides is 1. The zero-order valence-corrected chi connectivity index (χ0v) is 9.84. The van der Waals surface area contributed by atoms with Crippen LogP contribution in [0.5, 0.6) is 0 Å². The van der Waals surface area contributed by atoms with Crippen molar-refractivity contribution in [2.75, 3.05) is 39.8 Å². The summed E-state index contributed by atoms with van der Waals surface area (Å²) in [6, 6.07) is 0. The lowest BCUT2D eigenvalue weighted by atomic mass is 9.74. The Hall–Kier alpha value is -0.0300. The highest BCUT2D eigenvalue weighted by Crippen LogP contribution is 2.33. The van der Waals surface area contributed by atoms with E-state index in [4.69, 9.17) is 0 Å². The third kappa shape index (κ3) is 2.51. The first-order chi connectivity index (χ1) is 5.74. The lowest BCUT2D eigenvalue weighted by molar-refractivity contribution is -0.126. The first-order valence-electron chi connectivity index (χ1n) is 4.38. The van der Waals surface area contributed by atoms with E-state index in [0.29, 0.717) is 12.0 Å². The number of nitrogens with zero attached hydrogens (tertiary/aromatic N) is 1. The smallest absolute Gasteiger partial charge is 0.233 e. The molecule has 0 aromatic heterocycles. The Bertz CT molecular complexity index is 201. The van der Waals surface area contributed by atoms with E-state index < -0.39 is 0 Å². The predicted octanol–water partition coefficient (Wildman–Crippen LogP) is -0.519. The van der Waals surface area contributed by atoms with Crippen molar-refractivity contribution in [1.29, 1.82) is 0 Å². The van der Waals surface area contributed by atoms with Gasteiger partial charge in [-0.25, -0.2) is 0 Å². The highest BCUT2D eigenvalue weighted by Gasteiger charge is 2.47. The van der Waals surface area contributed by atoms with Crippen LogP contribution < -0.4 is 10.6 Å². The summed E-state index contributed by atoms with van der Waals surface area (Å²) in [5.41, 5.74) is 0.536. The van der Waals surface area contributed by atoms with Crippen LogP contribution in [0, 0.1) is 5.41 Å². The maximum atomic E-state index is 11.0. The summed E-state index contributed by atoms with van der Waals surface area (Å²) in [4.78, 5) is 13.2. The summed E-state index contributed by atoms with van der Waals surface area (Å²) in [7, 11) is 1.68. The van der Waals surface area contributed by atoms with Gasteiger partial charge in [-0.15, -0.1) is 24.8 Å². The zero-order chi connectivity index (χ0) is 8.60. The molecule has 0 aromatic carbocycles. The monoisotopic (exact) mass is 241 g/mol. The molecule has 2 aliphatic rings. The number of carbonyl (C=O) groups is 1. The van der Waals surface area contributed by atoms with Crippen LogP contribution in [0.15, 0.2) is 0 Å². The molecule has 1 amide bonds. The first kappa shape index (κ1) is 14.0. The van der Waals surface area contributed by atoms with Crippen LogP contribution in [0.2, 0.25) is 0 Å². The topological polar surface area (TPSA) is 44.4 Å². The van der Waals surface area contributed by atoms with Crippen LogP contribution >= 0.6 is 24.8 Å². The van der Waals surface area contributed by atoms with Crippen LogP contribution in [0.4, 0.5) is 0 Å². The van der Waals surface area contributed by atoms with Gasteiger partial charge in [-0.3, -0.25) is 9.69 Å². The molecule has 14 heavy (non-hydrogen) atoms. The van der Waals surface area contributed by atoms with Crippen molar-refractivity contribution in [3.05, 3.63) is 0 Å². The fourth-order valence-electron chi connectivity index (χ4n) is 2.00. The molecule has 0 atom stereocenters. The number of halogens is 2. The van der Waals surface area contributed by atoms with Gasteiger partial charge in [0, 0.05) is 38.6 Å². The number of likely N-dealkylation sites (tertiary alicyclic amines) is 1. The van der Waals surface area contributed by atoms with Crippen molar-refractivity contribution in [2.45, 2.75) is 0 Å². The lowest BCUT2D eigenvalue weighted by Crippen LogP contribution is -2.71. The van der Waals surface area contributed by atoms with Crippen molar-refractivity contribution in [2.24, 2.45) is 5.41 Å². The second-order valence-corrected chi connectivity index (χ2v) is 3.92. The third-order valence-corrected chi connectivity index (χ3v) is 2.76. The molecule has 2 aliphatic heterocycles. The summed E-state index contributed by atoms with van der Waals surface area (Å²) < 4.78 is 0. The summed E-state index contributed by atoms with van der Waals surface area (Å²) in [5.74, 6) is 0.122. The second-order valence-electron chi connectivity index (χ2n) is 3.92. The van der Waals surface area contributed by atoms with Crippen molar-refractivity contribution in [1.82, 2.24) is 15.5 Å². The molecule has 0 aliphatic carbocycles. The fourth-order valence-corrected chi connectivity index (χ4v) is 2.00. The van der Waals surface area contributed by atoms with Crippen molar-refractivity contribution >= 4 is 30.7 Å². The maximum Gasteiger partial charge on any atom is 0.233 e. The minimum Gasteiger partial charge on any atom is -0.358 e. The first-order valence-corrected chi connectivity index (χ1v) is 4.38. The molecule has 1 spiro atoms. The van der Waals surface area contributed by atoms with Gasteiger partial charge in [0.2, 0.25) is 5.91 Å². The van der Waals surface area contributed by atoms with Gasteiger partial charge in [-0.05, 0) is 0 Å². The van der Waals surface area contributed by atoms with E-state index in [9.17, 15) is 4.79 Å². The Morgan fingerprint density at radius 1 is 1.43 bits per heavy atom. The van der Waals surface area contributed by atoms with Gasteiger partial charge in [0.15, 0.2) is 0 Å². The summed E-state index contributed by atoms with van der Waals surface area (Å²) in [6.45, 7) is 5.02. The van der Waals surface area contributed by atoms with Crippen LogP contribution in [0.3, 0.4) is 0 Å². The average Bonchev–Trinajstić information content (AvgIpc) is 1.91. The molecule has 2 heterocycles. The van der Waals surface area contributed by atoms with E-state index in [0.717, 1.165) is 26.2 Å². The third-order valence-electron chi connectivity index (χ3n) is 2.76. The normalized spacial score (nSPS) is 22.4. The SMILES string of the molecule is CNC(=O)CN1CC2(CNC2)C1.Cl.Cl. The summed E-state index contributed by atoms with van der Waals surface area (Å²) in [6.07, 6.45) is 0. The Kier molecular flexibility index (Phi) is 5.15. The molecule has 0 bridgehead atoms. The van der Waals surface area contributed by atoms with E-state index in [2.05, 4.69) is 15.5 Å². The molecule has 84 valence electrons.